The topological polar surface area (TPSA) is 56.2 Å². The van der Waals surface area contributed by atoms with Gasteiger partial charge in [-0.15, -0.1) is 0 Å². The predicted octanol–water partition coefficient (Wildman–Crippen LogP) is 2.29. The third-order valence-electron chi connectivity index (χ3n) is 2.84. The van der Waals surface area contributed by atoms with Gasteiger partial charge < -0.3 is 10.1 Å². The van der Waals surface area contributed by atoms with E-state index in [0.717, 1.165) is 28.2 Å². The Kier molecular flexibility index (Phi) is 2.08. The van der Waals surface area contributed by atoms with Gasteiger partial charge in [-0.1, -0.05) is 0 Å². The van der Waals surface area contributed by atoms with Crippen LogP contribution in [0.2, 0.25) is 0 Å². The normalized spacial score (nSPS) is 10.9. The first-order valence-electron chi connectivity index (χ1n) is 5.40. The largest absolute Gasteiger partial charge is 0.395 e. The number of anilines is 1. The second-order valence-corrected chi connectivity index (χ2v) is 4.01. The summed E-state index contributed by atoms with van der Waals surface area (Å²) in [6.45, 7) is 1.98. The van der Waals surface area contributed by atoms with Gasteiger partial charge in [-0.25, -0.2) is 4.98 Å². The monoisotopic (exact) mass is 224 g/mol. The summed E-state index contributed by atoms with van der Waals surface area (Å²) in [5, 5.41) is 0. The van der Waals surface area contributed by atoms with Crippen molar-refractivity contribution < 1.29 is 0 Å². The quantitative estimate of drug-likeness (QED) is 0.690. The van der Waals surface area contributed by atoms with Gasteiger partial charge in [-0.05, 0) is 30.7 Å². The van der Waals surface area contributed by atoms with Gasteiger partial charge >= 0.3 is 0 Å². The Morgan fingerprint density at radius 1 is 1.29 bits per heavy atom. The van der Waals surface area contributed by atoms with E-state index in [1.165, 1.54) is 0 Å². The maximum atomic E-state index is 6.01. The maximum Gasteiger partial charge on any atom is 0.160 e. The number of imidazole rings is 1. The molecular weight excluding hydrogens is 212 g/mol. The molecule has 4 heteroatoms. The Morgan fingerprint density at radius 3 is 2.94 bits per heavy atom. The number of nitrogen functional groups attached to an aromatic ring is 1. The van der Waals surface area contributed by atoms with Crippen LogP contribution >= 0.6 is 0 Å². The summed E-state index contributed by atoms with van der Waals surface area (Å²) in [7, 11) is 0. The smallest absolute Gasteiger partial charge is 0.160 e. The molecular formula is C13H12N4. The Hall–Kier alpha value is -2.36. The van der Waals surface area contributed by atoms with E-state index >= 15 is 0 Å². The van der Waals surface area contributed by atoms with Crippen molar-refractivity contribution in [3.05, 3.63) is 48.5 Å². The number of nitrogens with zero attached hydrogens (tertiary/aromatic N) is 3. The van der Waals surface area contributed by atoms with Crippen LogP contribution < -0.4 is 5.73 Å². The average Bonchev–Trinajstić information content (AvgIpc) is 2.80. The predicted molar refractivity (Wildman–Crippen MR) is 67.6 cm³/mol. The zero-order valence-corrected chi connectivity index (χ0v) is 9.46. The summed E-state index contributed by atoms with van der Waals surface area (Å²) < 4.78 is 1.94. The van der Waals surface area contributed by atoms with E-state index in [1.807, 2.05) is 41.9 Å². The first kappa shape index (κ1) is 9.84. The van der Waals surface area contributed by atoms with Crippen molar-refractivity contribution in [2.24, 2.45) is 0 Å². The summed E-state index contributed by atoms with van der Waals surface area (Å²) in [5.41, 5.74) is 10.5. The van der Waals surface area contributed by atoms with Gasteiger partial charge in [0.2, 0.25) is 0 Å². The highest BCUT2D eigenvalue weighted by Crippen LogP contribution is 2.22. The van der Waals surface area contributed by atoms with Gasteiger partial charge in [0.15, 0.2) is 5.65 Å². The lowest BCUT2D eigenvalue weighted by Crippen LogP contribution is -1.94. The molecule has 84 valence electrons. The molecule has 0 fully saturated rings. The second kappa shape index (κ2) is 3.59. The van der Waals surface area contributed by atoms with Crippen LogP contribution in [0, 0.1) is 6.92 Å². The molecule has 3 heterocycles. The zero-order chi connectivity index (χ0) is 11.8. The molecule has 17 heavy (non-hydrogen) atoms. The molecule has 0 saturated heterocycles. The zero-order valence-electron chi connectivity index (χ0n) is 9.46. The fourth-order valence-corrected chi connectivity index (χ4v) is 1.82. The Labute approximate surface area is 98.8 Å². The molecule has 0 radical (unpaired) electrons. The number of pyridine rings is 2. The van der Waals surface area contributed by atoms with Crippen LogP contribution in [0.4, 0.5) is 5.69 Å². The molecule has 0 unspecified atom stereocenters. The molecule has 0 aliphatic carbocycles. The number of hydrogen-bond donors (Lipinski definition) is 1. The van der Waals surface area contributed by atoms with Gasteiger partial charge in [0.05, 0.1) is 11.4 Å². The van der Waals surface area contributed by atoms with Crippen molar-refractivity contribution in [3.8, 4) is 11.3 Å². The van der Waals surface area contributed by atoms with E-state index in [2.05, 4.69) is 9.97 Å². The molecule has 0 aromatic carbocycles. The van der Waals surface area contributed by atoms with Crippen molar-refractivity contribution >= 4 is 11.3 Å². The van der Waals surface area contributed by atoms with E-state index in [-0.39, 0.29) is 0 Å². The third kappa shape index (κ3) is 1.54. The second-order valence-electron chi connectivity index (χ2n) is 4.01. The standard InChI is InChI=1S/C13H12N4/c1-9-4-6-17-8-11(16-13(17)12(9)14)10-3-2-5-15-7-10/h2-8H,14H2,1H3. The van der Waals surface area contributed by atoms with E-state index in [4.69, 9.17) is 5.73 Å². The molecule has 0 spiro atoms. The highest BCUT2D eigenvalue weighted by molar-refractivity contribution is 5.72. The van der Waals surface area contributed by atoms with Crippen molar-refractivity contribution in [2.45, 2.75) is 6.92 Å². The summed E-state index contributed by atoms with van der Waals surface area (Å²) in [6, 6.07) is 5.86. The lowest BCUT2D eigenvalue weighted by Gasteiger charge is -2.00. The third-order valence-corrected chi connectivity index (χ3v) is 2.84. The minimum absolute atomic E-state index is 0.725. The van der Waals surface area contributed by atoms with E-state index in [0.29, 0.717) is 0 Å². The lowest BCUT2D eigenvalue weighted by atomic mass is 10.2. The number of aromatic nitrogens is 3. The molecule has 0 atom stereocenters. The number of aryl methyl sites for hydroxylation is 1. The molecule has 2 N–H and O–H groups in total. The van der Waals surface area contributed by atoms with Crippen molar-refractivity contribution in [1.29, 1.82) is 0 Å². The molecule has 0 aliphatic rings. The summed E-state index contributed by atoms with van der Waals surface area (Å²) in [6.07, 6.45) is 7.47. The van der Waals surface area contributed by atoms with Gasteiger partial charge in [-0.3, -0.25) is 4.98 Å². The van der Waals surface area contributed by atoms with Crippen molar-refractivity contribution in [3.63, 3.8) is 0 Å². The molecule has 3 aromatic heterocycles. The Balaban J connectivity index is 2.24. The molecule has 0 amide bonds. The van der Waals surface area contributed by atoms with Crippen LogP contribution in [0.3, 0.4) is 0 Å². The minimum atomic E-state index is 0.725. The van der Waals surface area contributed by atoms with Gasteiger partial charge in [0, 0.05) is 30.4 Å². The number of fused-ring (bicyclic) bond motifs is 1. The van der Waals surface area contributed by atoms with Crippen molar-refractivity contribution in [1.82, 2.24) is 14.4 Å². The molecule has 0 aliphatic heterocycles. The van der Waals surface area contributed by atoms with Crippen LogP contribution in [-0.4, -0.2) is 14.4 Å². The van der Waals surface area contributed by atoms with Gasteiger partial charge in [0.25, 0.3) is 0 Å². The molecule has 4 nitrogen and oxygen atoms in total. The van der Waals surface area contributed by atoms with Gasteiger partial charge in [0.1, 0.15) is 0 Å². The number of hydrogen-bond acceptors (Lipinski definition) is 3. The molecule has 3 aromatic rings. The Morgan fingerprint density at radius 2 is 2.18 bits per heavy atom. The van der Waals surface area contributed by atoms with Crippen LogP contribution in [0.25, 0.3) is 16.9 Å². The van der Waals surface area contributed by atoms with E-state index in [1.54, 1.807) is 12.4 Å². The number of rotatable bonds is 1. The number of nitrogens with two attached hydrogens (primary N) is 1. The van der Waals surface area contributed by atoms with Gasteiger partial charge in [-0.2, -0.15) is 0 Å². The maximum absolute atomic E-state index is 6.01. The first-order valence-corrected chi connectivity index (χ1v) is 5.40. The van der Waals surface area contributed by atoms with Crippen LogP contribution in [0.15, 0.2) is 43.0 Å². The lowest BCUT2D eigenvalue weighted by molar-refractivity contribution is 1.17. The Bertz CT molecular complexity index is 670. The summed E-state index contributed by atoms with van der Waals surface area (Å²) >= 11 is 0. The van der Waals surface area contributed by atoms with Crippen LogP contribution in [0.1, 0.15) is 5.56 Å². The molecule has 3 rings (SSSR count). The molecule has 0 bridgehead atoms. The minimum Gasteiger partial charge on any atom is -0.395 e. The van der Waals surface area contributed by atoms with Crippen LogP contribution in [0.5, 0.6) is 0 Å². The van der Waals surface area contributed by atoms with E-state index in [9.17, 15) is 0 Å². The summed E-state index contributed by atoms with van der Waals surface area (Å²) in [5.74, 6) is 0. The van der Waals surface area contributed by atoms with Crippen LogP contribution in [-0.2, 0) is 0 Å². The fraction of sp³-hybridized carbons (Fsp3) is 0.0769. The first-order chi connectivity index (χ1) is 8.25. The highest BCUT2D eigenvalue weighted by Gasteiger charge is 2.07. The highest BCUT2D eigenvalue weighted by atomic mass is 15.0. The average molecular weight is 224 g/mol. The van der Waals surface area contributed by atoms with E-state index < -0.39 is 0 Å². The SMILES string of the molecule is Cc1ccn2cc(-c3cccnc3)nc2c1N. The fourth-order valence-electron chi connectivity index (χ4n) is 1.82. The summed E-state index contributed by atoms with van der Waals surface area (Å²) in [4.78, 5) is 8.63. The van der Waals surface area contributed by atoms with Crippen molar-refractivity contribution in [2.75, 3.05) is 5.73 Å². The molecule has 0 saturated carbocycles.